The van der Waals surface area contributed by atoms with E-state index in [1.165, 1.54) is 17.0 Å². The van der Waals surface area contributed by atoms with Crippen molar-refractivity contribution in [2.75, 3.05) is 20.2 Å². The van der Waals surface area contributed by atoms with Crippen molar-refractivity contribution >= 4 is 11.8 Å². The van der Waals surface area contributed by atoms with Crippen molar-refractivity contribution in [1.29, 1.82) is 0 Å². The van der Waals surface area contributed by atoms with Crippen molar-refractivity contribution in [3.05, 3.63) is 59.9 Å². The van der Waals surface area contributed by atoms with E-state index in [1.54, 1.807) is 57.4 Å². The van der Waals surface area contributed by atoms with Crippen molar-refractivity contribution in [2.24, 2.45) is 0 Å². The second-order valence-electron chi connectivity index (χ2n) is 6.19. The van der Waals surface area contributed by atoms with E-state index in [4.69, 9.17) is 9.47 Å². The molecule has 28 heavy (non-hydrogen) atoms. The summed E-state index contributed by atoms with van der Waals surface area (Å²) in [5.74, 6) is 0.327. The fraction of sp³-hybridized carbons (Fsp3) is 0.333. The number of halogens is 1. The summed E-state index contributed by atoms with van der Waals surface area (Å²) in [6, 6.07) is 12.8. The average Bonchev–Trinajstić information content (AvgIpc) is 2.71. The van der Waals surface area contributed by atoms with Crippen molar-refractivity contribution in [1.82, 2.24) is 10.2 Å². The first kappa shape index (κ1) is 21.2. The van der Waals surface area contributed by atoms with Crippen LogP contribution in [-0.4, -0.2) is 43.0 Å². The number of nitrogens with one attached hydrogen (secondary N) is 1. The van der Waals surface area contributed by atoms with E-state index < -0.39 is 6.10 Å². The number of benzene rings is 2. The number of carbonyl (C=O) groups is 2. The molecule has 2 amide bonds. The first-order chi connectivity index (χ1) is 13.4. The molecule has 0 spiro atoms. The number of hydrogen-bond donors (Lipinski definition) is 1. The summed E-state index contributed by atoms with van der Waals surface area (Å²) >= 11 is 0. The Morgan fingerprint density at radius 3 is 2.25 bits per heavy atom. The average molecular weight is 388 g/mol. The van der Waals surface area contributed by atoms with Gasteiger partial charge in [-0.2, -0.15) is 0 Å². The van der Waals surface area contributed by atoms with Crippen LogP contribution in [-0.2, 0) is 16.1 Å². The van der Waals surface area contributed by atoms with Crippen LogP contribution in [0, 0.1) is 5.82 Å². The molecule has 0 aliphatic carbocycles. The van der Waals surface area contributed by atoms with E-state index >= 15 is 0 Å². The highest BCUT2D eigenvalue weighted by Crippen LogP contribution is 2.18. The Balaban J connectivity index is 1.86. The Bertz CT molecular complexity index is 778. The Labute approximate surface area is 164 Å². The number of rotatable bonds is 9. The number of ether oxygens (including phenoxy) is 2. The van der Waals surface area contributed by atoms with Crippen molar-refractivity contribution < 1.29 is 23.5 Å². The van der Waals surface area contributed by atoms with Crippen LogP contribution < -0.4 is 14.8 Å². The second kappa shape index (κ2) is 10.3. The van der Waals surface area contributed by atoms with Gasteiger partial charge in [0.15, 0.2) is 6.10 Å². The predicted octanol–water partition coefficient (Wildman–Crippen LogP) is 2.77. The maximum absolute atomic E-state index is 12.9. The zero-order valence-corrected chi connectivity index (χ0v) is 16.3. The van der Waals surface area contributed by atoms with Gasteiger partial charge < -0.3 is 19.7 Å². The summed E-state index contributed by atoms with van der Waals surface area (Å²) in [4.78, 5) is 26.2. The van der Waals surface area contributed by atoms with E-state index in [-0.39, 0.29) is 30.7 Å². The minimum atomic E-state index is -0.738. The first-order valence-electron chi connectivity index (χ1n) is 9.03. The van der Waals surface area contributed by atoms with Gasteiger partial charge in [-0.3, -0.25) is 9.59 Å². The second-order valence-corrected chi connectivity index (χ2v) is 6.19. The minimum Gasteiger partial charge on any atom is -0.497 e. The lowest BCUT2D eigenvalue weighted by atomic mass is 10.2. The highest BCUT2D eigenvalue weighted by Gasteiger charge is 2.23. The molecule has 0 saturated carbocycles. The molecule has 1 unspecified atom stereocenters. The fourth-order valence-electron chi connectivity index (χ4n) is 2.54. The highest BCUT2D eigenvalue weighted by atomic mass is 19.1. The maximum Gasteiger partial charge on any atom is 0.263 e. The van der Waals surface area contributed by atoms with Crippen LogP contribution in [0.15, 0.2) is 48.5 Å². The van der Waals surface area contributed by atoms with Gasteiger partial charge in [0.05, 0.1) is 13.7 Å². The molecule has 2 aromatic carbocycles. The SMILES string of the molecule is CCN(CC(=O)NCc1ccc(F)cc1)C(=O)C(C)Oc1ccc(OC)cc1. The van der Waals surface area contributed by atoms with Gasteiger partial charge >= 0.3 is 0 Å². The summed E-state index contributed by atoms with van der Waals surface area (Å²) in [7, 11) is 1.57. The third-order valence-electron chi connectivity index (χ3n) is 4.15. The molecule has 0 aliphatic heterocycles. The summed E-state index contributed by atoms with van der Waals surface area (Å²) in [6.07, 6.45) is -0.738. The molecule has 7 heteroatoms. The van der Waals surface area contributed by atoms with Gasteiger partial charge in [-0.25, -0.2) is 4.39 Å². The number of methoxy groups -OCH3 is 1. The predicted molar refractivity (Wildman–Crippen MR) is 104 cm³/mol. The molecule has 0 aromatic heterocycles. The van der Waals surface area contributed by atoms with Crippen LogP contribution in [0.3, 0.4) is 0 Å². The molecular formula is C21H25FN2O4. The lowest BCUT2D eigenvalue weighted by Crippen LogP contribution is -2.45. The van der Waals surface area contributed by atoms with Gasteiger partial charge in [0.1, 0.15) is 17.3 Å². The molecule has 0 radical (unpaired) electrons. The van der Waals surface area contributed by atoms with Crippen LogP contribution in [0.1, 0.15) is 19.4 Å². The monoisotopic (exact) mass is 388 g/mol. The van der Waals surface area contributed by atoms with Gasteiger partial charge in [0, 0.05) is 13.1 Å². The number of hydrogen-bond acceptors (Lipinski definition) is 4. The lowest BCUT2D eigenvalue weighted by molar-refractivity contribution is -0.141. The molecule has 2 rings (SSSR count). The quantitative estimate of drug-likeness (QED) is 0.717. The number of likely N-dealkylation sites (N-methyl/N-ethyl adjacent to an activating group) is 1. The molecule has 6 nitrogen and oxygen atoms in total. The molecule has 0 fully saturated rings. The molecule has 1 N–H and O–H groups in total. The van der Waals surface area contributed by atoms with E-state index in [0.29, 0.717) is 18.0 Å². The molecule has 0 heterocycles. The fourth-order valence-corrected chi connectivity index (χ4v) is 2.54. The number of nitrogens with zero attached hydrogens (tertiary/aromatic N) is 1. The zero-order chi connectivity index (χ0) is 20.5. The Hall–Kier alpha value is -3.09. The Morgan fingerprint density at radius 2 is 1.68 bits per heavy atom. The van der Waals surface area contributed by atoms with E-state index in [1.807, 2.05) is 0 Å². The zero-order valence-electron chi connectivity index (χ0n) is 16.3. The Morgan fingerprint density at radius 1 is 1.07 bits per heavy atom. The third-order valence-corrected chi connectivity index (χ3v) is 4.15. The molecule has 0 bridgehead atoms. The number of carbonyl (C=O) groups excluding carboxylic acids is 2. The van der Waals surface area contributed by atoms with E-state index in [2.05, 4.69) is 5.32 Å². The topological polar surface area (TPSA) is 67.9 Å². The summed E-state index contributed by atoms with van der Waals surface area (Å²) in [5.41, 5.74) is 0.778. The van der Waals surface area contributed by atoms with Crippen molar-refractivity contribution in [3.63, 3.8) is 0 Å². The van der Waals surface area contributed by atoms with Crippen molar-refractivity contribution in [2.45, 2.75) is 26.5 Å². The molecule has 1 atom stereocenters. The smallest absolute Gasteiger partial charge is 0.263 e. The first-order valence-corrected chi connectivity index (χ1v) is 9.03. The summed E-state index contributed by atoms with van der Waals surface area (Å²) in [5, 5.41) is 2.73. The Kier molecular flexibility index (Phi) is 7.80. The van der Waals surface area contributed by atoms with E-state index in [0.717, 1.165) is 5.56 Å². The molecule has 150 valence electrons. The van der Waals surface area contributed by atoms with Crippen LogP contribution in [0.25, 0.3) is 0 Å². The normalized spacial score (nSPS) is 11.4. The lowest BCUT2D eigenvalue weighted by Gasteiger charge is -2.24. The van der Waals surface area contributed by atoms with E-state index in [9.17, 15) is 14.0 Å². The van der Waals surface area contributed by atoms with Crippen LogP contribution in [0.4, 0.5) is 4.39 Å². The van der Waals surface area contributed by atoms with Gasteiger partial charge in [0.25, 0.3) is 5.91 Å². The van der Waals surface area contributed by atoms with Gasteiger partial charge in [0.2, 0.25) is 5.91 Å². The summed E-state index contributed by atoms with van der Waals surface area (Å²) in [6.45, 7) is 4.01. The standard InChI is InChI=1S/C21H25FN2O4/c1-4-24(14-20(25)23-13-16-5-7-17(22)8-6-16)21(26)15(2)28-19-11-9-18(27-3)10-12-19/h5-12,15H,4,13-14H2,1-3H3,(H,23,25). The van der Waals surface area contributed by atoms with Gasteiger partial charge in [-0.05, 0) is 55.8 Å². The van der Waals surface area contributed by atoms with Crippen LogP contribution in [0.2, 0.25) is 0 Å². The minimum absolute atomic E-state index is 0.0765. The molecule has 2 aromatic rings. The van der Waals surface area contributed by atoms with Crippen LogP contribution >= 0.6 is 0 Å². The maximum atomic E-state index is 12.9. The molecular weight excluding hydrogens is 363 g/mol. The molecule has 0 aliphatic rings. The largest absolute Gasteiger partial charge is 0.497 e. The van der Waals surface area contributed by atoms with Crippen LogP contribution in [0.5, 0.6) is 11.5 Å². The van der Waals surface area contributed by atoms with Gasteiger partial charge in [-0.1, -0.05) is 12.1 Å². The molecule has 0 saturated heterocycles. The summed E-state index contributed by atoms with van der Waals surface area (Å²) < 4.78 is 23.7. The third kappa shape index (κ3) is 6.26. The highest BCUT2D eigenvalue weighted by molar-refractivity contribution is 5.87. The van der Waals surface area contributed by atoms with Gasteiger partial charge in [-0.15, -0.1) is 0 Å². The number of amides is 2. The van der Waals surface area contributed by atoms with Crippen molar-refractivity contribution in [3.8, 4) is 11.5 Å².